The minimum Gasteiger partial charge on any atom is -0.347 e. The monoisotopic (exact) mass is 246 g/mol. The average Bonchev–Trinajstić information content (AvgIpc) is 2.01. The Morgan fingerprint density at radius 1 is 1.00 bits per heavy atom. The first-order valence-corrected chi connectivity index (χ1v) is 5.58. The van der Waals surface area contributed by atoms with Crippen molar-refractivity contribution >= 4 is 22.2 Å². The van der Waals surface area contributed by atoms with Crippen LogP contribution >= 0.6 is 10.2 Å². The minimum absolute atomic E-state index is 0.135. The van der Waals surface area contributed by atoms with Crippen LogP contribution in [0.4, 0.5) is 25.1 Å². The number of hydrogen-bond donors (Lipinski definition) is 2. The molecule has 0 aliphatic rings. The highest BCUT2D eigenvalue weighted by molar-refractivity contribution is 8.45. The highest BCUT2D eigenvalue weighted by Gasteiger charge is 2.65. The molecule has 0 aliphatic carbocycles. The topological polar surface area (TPSA) is 35.9 Å². The van der Waals surface area contributed by atoms with E-state index in [4.69, 9.17) is 5.41 Å². The summed E-state index contributed by atoms with van der Waals surface area (Å²) < 4.78 is 61.0. The van der Waals surface area contributed by atoms with Crippen molar-refractivity contribution in [2.24, 2.45) is 0 Å². The second kappa shape index (κ2) is 2.63. The van der Waals surface area contributed by atoms with Gasteiger partial charge in [-0.15, -0.1) is 0 Å². The van der Waals surface area contributed by atoms with Gasteiger partial charge >= 0.3 is 10.2 Å². The normalized spacial score (nSPS) is 16.3. The maximum absolute atomic E-state index is 12.2. The van der Waals surface area contributed by atoms with Gasteiger partial charge in [0.25, 0.3) is 0 Å². The van der Waals surface area contributed by atoms with E-state index >= 15 is 0 Å². The summed E-state index contributed by atoms with van der Waals surface area (Å²) in [5.74, 6) is 0. The molecule has 0 aliphatic heterocycles. The van der Waals surface area contributed by atoms with Crippen molar-refractivity contribution < 1.29 is 19.4 Å². The van der Waals surface area contributed by atoms with E-state index in [9.17, 15) is 19.4 Å². The van der Waals surface area contributed by atoms with E-state index in [1.165, 1.54) is 0 Å². The van der Waals surface area contributed by atoms with Crippen molar-refractivity contribution in [2.75, 3.05) is 5.32 Å². The molecule has 1 rings (SSSR count). The van der Waals surface area contributed by atoms with E-state index in [2.05, 4.69) is 5.32 Å². The third-order valence-electron chi connectivity index (χ3n) is 1.54. The third-order valence-corrected chi connectivity index (χ3v) is 2.70. The molecule has 1 aromatic rings. The van der Waals surface area contributed by atoms with Crippen LogP contribution in [-0.2, 0) is 0 Å². The molecule has 0 heterocycles. The van der Waals surface area contributed by atoms with Gasteiger partial charge in [0.05, 0.1) is 6.34 Å². The molecule has 2 nitrogen and oxygen atoms in total. The molecule has 1 aromatic carbocycles. The zero-order valence-electron chi connectivity index (χ0n) is 7.18. The molecule has 0 atom stereocenters. The molecule has 2 N–H and O–H groups in total. The molecule has 86 valence electrons. The fourth-order valence-corrected chi connectivity index (χ4v) is 1.54. The SMILES string of the molecule is N=CNc1ccc(S(F)(F)(F)(F)F)cc1. The van der Waals surface area contributed by atoms with E-state index in [1.807, 2.05) is 0 Å². The Labute approximate surface area is 82.3 Å². The second-order valence-electron chi connectivity index (χ2n) is 2.78. The van der Waals surface area contributed by atoms with Crippen LogP contribution in [0.2, 0.25) is 0 Å². The van der Waals surface area contributed by atoms with Gasteiger partial charge in [0, 0.05) is 5.69 Å². The van der Waals surface area contributed by atoms with Crippen LogP contribution in [0.1, 0.15) is 0 Å². The number of nitrogens with one attached hydrogen (secondary N) is 2. The van der Waals surface area contributed by atoms with Crippen molar-refractivity contribution in [3.8, 4) is 0 Å². The third kappa shape index (κ3) is 3.08. The number of halogens is 5. The molecular formula is C7H7F5N2S. The zero-order chi connectivity index (χ0) is 11.8. The molecule has 0 unspecified atom stereocenters. The standard InChI is InChI=1S/C7H7F5N2S/c8-15(9,10,11,12)7-3-1-6(2-4-7)14-5-13/h1-5H,(H2,13,14). The van der Waals surface area contributed by atoms with Crippen LogP contribution in [0.3, 0.4) is 0 Å². The van der Waals surface area contributed by atoms with Crippen LogP contribution in [0.5, 0.6) is 0 Å². The van der Waals surface area contributed by atoms with Gasteiger partial charge in [0.1, 0.15) is 4.90 Å². The Hall–Kier alpha value is -1.31. The van der Waals surface area contributed by atoms with E-state index in [-0.39, 0.29) is 17.8 Å². The number of benzene rings is 1. The summed E-state index contributed by atoms with van der Waals surface area (Å²) >= 11 is 0. The Morgan fingerprint density at radius 3 is 1.80 bits per heavy atom. The Kier molecular flexibility index (Phi) is 2.06. The largest absolute Gasteiger partial charge is 0.347 e. The van der Waals surface area contributed by atoms with Gasteiger partial charge in [-0.2, -0.15) is 0 Å². The summed E-state index contributed by atoms with van der Waals surface area (Å²) in [6.45, 7) is 0. The first-order valence-electron chi connectivity index (χ1n) is 3.62. The van der Waals surface area contributed by atoms with Crippen LogP contribution < -0.4 is 5.32 Å². The van der Waals surface area contributed by atoms with Crippen molar-refractivity contribution in [1.82, 2.24) is 0 Å². The molecule has 15 heavy (non-hydrogen) atoms. The van der Waals surface area contributed by atoms with E-state index in [0.29, 0.717) is 0 Å². The predicted octanol–water partition coefficient (Wildman–Crippen LogP) is 4.36. The van der Waals surface area contributed by atoms with E-state index in [1.54, 1.807) is 0 Å². The molecule has 0 radical (unpaired) electrons. The van der Waals surface area contributed by atoms with Crippen molar-refractivity contribution in [1.29, 1.82) is 5.41 Å². The lowest BCUT2D eigenvalue weighted by atomic mass is 10.3. The molecule has 0 fully saturated rings. The van der Waals surface area contributed by atoms with Gasteiger partial charge in [-0.3, -0.25) is 5.41 Å². The average molecular weight is 246 g/mol. The fraction of sp³-hybridized carbons (Fsp3) is 0. The summed E-state index contributed by atoms with van der Waals surface area (Å²) in [5, 5.41) is 8.85. The van der Waals surface area contributed by atoms with Crippen LogP contribution in [-0.4, -0.2) is 6.34 Å². The molecule has 0 aromatic heterocycles. The van der Waals surface area contributed by atoms with Crippen LogP contribution in [0, 0.1) is 5.41 Å². The summed E-state index contributed by atoms with van der Waals surface area (Å²) in [6, 6.07) is 2.23. The Bertz CT molecular complexity index is 381. The van der Waals surface area contributed by atoms with E-state index in [0.717, 1.165) is 18.5 Å². The predicted molar refractivity (Wildman–Crippen MR) is 50.2 cm³/mol. The zero-order valence-corrected chi connectivity index (χ0v) is 8.00. The maximum Gasteiger partial charge on any atom is 0.310 e. The fourth-order valence-electron chi connectivity index (χ4n) is 0.892. The summed E-state index contributed by atoms with van der Waals surface area (Å²) in [4.78, 5) is -1.94. The first kappa shape index (κ1) is 11.8. The summed E-state index contributed by atoms with van der Waals surface area (Å²) in [7, 11) is -9.56. The smallest absolute Gasteiger partial charge is 0.310 e. The van der Waals surface area contributed by atoms with Crippen LogP contribution in [0.25, 0.3) is 0 Å². The molecule has 0 saturated carbocycles. The second-order valence-corrected chi connectivity index (χ2v) is 5.19. The molecule has 8 heteroatoms. The molecule has 0 bridgehead atoms. The van der Waals surface area contributed by atoms with Gasteiger partial charge in [-0.1, -0.05) is 19.4 Å². The van der Waals surface area contributed by atoms with Crippen molar-refractivity contribution in [3.63, 3.8) is 0 Å². The molecule has 0 amide bonds. The number of rotatable bonds is 3. The minimum atomic E-state index is -9.56. The highest BCUT2D eigenvalue weighted by Crippen LogP contribution is 3.02. The number of hydrogen-bond acceptors (Lipinski definition) is 1. The van der Waals surface area contributed by atoms with Crippen molar-refractivity contribution in [2.45, 2.75) is 4.90 Å². The molecule has 0 spiro atoms. The molecule has 0 saturated heterocycles. The van der Waals surface area contributed by atoms with Gasteiger partial charge in [0.2, 0.25) is 0 Å². The van der Waals surface area contributed by atoms with E-state index < -0.39 is 15.1 Å². The molecular weight excluding hydrogens is 239 g/mol. The summed E-state index contributed by atoms with van der Waals surface area (Å²) in [6.07, 6.45) is 0.731. The van der Waals surface area contributed by atoms with Gasteiger partial charge in [-0.25, -0.2) is 0 Å². The quantitative estimate of drug-likeness (QED) is 0.464. The number of anilines is 1. The summed E-state index contributed by atoms with van der Waals surface area (Å²) in [5.41, 5.74) is 0.135. The highest BCUT2D eigenvalue weighted by atomic mass is 32.5. The lowest BCUT2D eigenvalue weighted by molar-refractivity contribution is 0.364. The lowest BCUT2D eigenvalue weighted by Gasteiger charge is -2.40. The van der Waals surface area contributed by atoms with Gasteiger partial charge in [0.15, 0.2) is 0 Å². The Morgan fingerprint density at radius 2 is 1.47 bits per heavy atom. The van der Waals surface area contributed by atoms with Gasteiger partial charge in [-0.05, 0) is 24.3 Å². The lowest BCUT2D eigenvalue weighted by Crippen LogP contribution is -2.05. The Balaban J connectivity index is 3.16. The van der Waals surface area contributed by atoms with Gasteiger partial charge < -0.3 is 5.32 Å². The first-order chi connectivity index (χ1) is 6.53. The van der Waals surface area contributed by atoms with Crippen LogP contribution in [0.15, 0.2) is 29.2 Å². The van der Waals surface area contributed by atoms with Crippen molar-refractivity contribution in [3.05, 3.63) is 24.3 Å². The maximum atomic E-state index is 12.2.